The molecule has 3 aromatic rings. The second kappa shape index (κ2) is 8.78. The highest BCUT2D eigenvalue weighted by molar-refractivity contribution is 8.00. The van der Waals surface area contributed by atoms with Gasteiger partial charge in [0.2, 0.25) is 11.8 Å². The molecule has 3 atom stereocenters. The Morgan fingerprint density at radius 2 is 1.69 bits per heavy atom. The summed E-state index contributed by atoms with van der Waals surface area (Å²) in [5.74, 6) is -4.02. The average molecular weight is 513 g/mol. The van der Waals surface area contributed by atoms with Crippen LogP contribution in [0.2, 0.25) is 0 Å². The zero-order chi connectivity index (χ0) is 24.9. The van der Waals surface area contributed by atoms with Gasteiger partial charge >= 0.3 is 10.9 Å². The van der Waals surface area contributed by atoms with Crippen LogP contribution in [-0.4, -0.2) is 38.5 Å². The van der Waals surface area contributed by atoms with Crippen LogP contribution in [0.4, 0.5) is 14.9 Å². The van der Waals surface area contributed by atoms with Crippen molar-refractivity contribution in [1.29, 1.82) is 0 Å². The number of likely N-dealkylation sites (tertiary alicyclic amines) is 1. The Morgan fingerprint density at radius 1 is 1.00 bits per heavy atom. The molecule has 0 radical (unpaired) electrons. The maximum atomic E-state index is 13.1. The first-order chi connectivity index (χ1) is 16.8. The summed E-state index contributed by atoms with van der Waals surface area (Å²) in [6, 6.07) is 12.9. The van der Waals surface area contributed by atoms with Gasteiger partial charge in [-0.15, -0.1) is 0 Å². The lowest BCUT2D eigenvalue weighted by Crippen LogP contribution is -2.41. The van der Waals surface area contributed by atoms with Crippen molar-refractivity contribution in [3.63, 3.8) is 0 Å². The monoisotopic (exact) mass is 512 g/mol. The third kappa shape index (κ3) is 3.94. The number of carbonyl (C=O) groups is 4. The molecule has 2 aliphatic rings. The normalized spacial score (nSPS) is 20.9. The minimum Gasteiger partial charge on any atom is -0.351 e. The number of anilines is 1. The molecule has 3 N–H and O–H groups in total. The third-order valence-corrected chi connectivity index (χ3v) is 8.46. The molecule has 9 nitrogen and oxygen atoms in total. The molecular formula is C23H17FN4O5S2. The smallest absolute Gasteiger partial charge is 0.328 e. The van der Waals surface area contributed by atoms with Gasteiger partial charge in [-0.25, -0.2) is 9.18 Å². The molecule has 5 rings (SSSR count). The Hall–Kier alpha value is -3.77. The third-order valence-electron chi connectivity index (χ3n) is 5.86. The van der Waals surface area contributed by atoms with Crippen molar-refractivity contribution >= 4 is 52.5 Å². The number of amides is 5. The lowest BCUT2D eigenvalue weighted by Gasteiger charge is -2.30. The molecule has 1 aromatic heterocycles. The van der Waals surface area contributed by atoms with Crippen molar-refractivity contribution in [2.75, 3.05) is 5.32 Å². The highest BCUT2D eigenvalue weighted by atomic mass is 32.2. The minimum absolute atomic E-state index is 0.352. The van der Waals surface area contributed by atoms with E-state index in [0.717, 1.165) is 23.1 Å². The fourth-order valence-corrected chi connectivity index (χ4v) is 7.14. The molecular weight excluding hydrogens is 495 g/mol. The number of hydrogen-bond donors (Lipinski definition) is 2. The molecule has 0 saturated carbocycles. The Kier molecular flexibility index (Phi) is 5.77. The Balaban J connectivity index is 1.55. The molecule has 2 aromatic carbocycles. The number of hydrogen-bond acceptors (Lipinski definition) is 7. The summed E-state index contributed by atoms with van der Waals surface area (Å²) in [6.45, 7) is -0.352. The first kappa shape index (κ1) is 23.0. The summed E-state index contributed by atoms with van der Waals surface area (Å²) in [5, 5.41) is 2.02. The molecule has 0 spiro atoms. The fourth-order valence-electron chi connectivity index (χ4n) is 4.37. The molecule has 5 amide bonds. The molecule has 0 aliphatic carbocycles. The van der Waals surface area contributed by atoms with Gasteiger partial charge in [0.05, 0.1) is 10.9 Å². The topological polar surface area (TPSA) is 132 Å². The van der Waals surface area contributed by atoms with E-state index in [9.17, 15) is 28.4 Å². The molecule has 178 valence electrons. The largest absolute Gasteiger partial charge is 0.351 e. The molecule has 1 saturated heterocycles. The molecule has 12 heteroatoms. The zero-order valence-corrected chi connectivity index (χ0v) is 19.5. The number of benzene rings is 2. The van der Waals surface area contributed by atoms with E-state index in [2.05, 4.69) is 5.32 Å². The lowest BCUT2D eigenvalue weighted by atomic mass is 9.83. The van der Waals surface area contributed by atoms with E-state index in [1.807, 2.05) is 0 Å². The molecule has 35 heavy (non-hydrogen) atoms. The van der Waals surface area contributed by atoms with E-state index in [0.29, 0.717) is 26.1 Å². The SMILES string of the molecule is NC(=O)N1C(=O)C2Sc3c(sc(=O)n3CC(=O)Nc3ccc(F)cc3)C(c3ccccc3)C2C1=O. The van der Waals surface area contributed by atoms with E-state index >= 15 is 0 Å². The number of nitrogens with one attached hydrogen (secondary N) is 1. The van der Waals surface area contributed by atoms with Crippen molar-refractivity contribution < 1.29 is 23.6 Å². The number of carbonyl (C=O) groups excluding carboxylic acids is 4. The number of rotatable bonds is 4. The summed E-state index contributed by atoms with van der Waals surface area (Å²) in [4.78, 5) is 64.1. The highest BCUT2D eigenvalue weighted by Gasteiger charge is 2.57. The van der Waals surface area contributed by atoms with E-state index in [1.165, 1.54) is 28.8 Å². The van der Waals surface area contributed by atoms with Crippen LogP contribution in [0.15, 0.2) is 64.4 Å². The van der Waals surface area contributed by atoms with E-state index in [1.54, 1.807) is 30.3 Å². The summed E-state index contributed by atoms with van der Waals surface area (Å²) in [7, 11) is 0. The van der Waals surface area contributed by atoms with Gasteiger partial charge < -0.3 is 11.1 Å². The number of aromatic nitrogens is 1. The second-order valence-corrected chi connectivity index (χ2v) is 10.1. The van der Waals surface area contributed by atoms with Gasteiger partial charge in [0, 0.05) is 16.5 Å². The summed E-state index contributed by atoms with van der Waals surface area (Å²) < 4.78 is 14.4. The van der Waals surface area contributed by atoms with E-state index < -0.39 is 51.5 Å². The number of nitrogens with two attached hydrogens (primary N) is 1. The van der Waals surface area contributed by atoms with Crippen molar-refractivity contribution in [2.24, 2.45) is 11.7 Å². The number of imide groups is 3. The van der Waals surface area contributed by atoms with Crippen molar-refractivity contribution in [3.8, 4) is 0 Å². The van der Waals surface area contributed by atoms with Gasteiger partial charge in [0.1, 0.15) is 17.6 Å². The van der Waals surface area contributed by atoms with E-state index in [-0.39, 0.29) is 6.54 Å². The summed E-state index contributed by atoms with van der Waals surface area (Å²) in [5.41, 5.74) is 6.36. The van der Waals surface area contributed by atoms with E-state index in [4.69, 9.17) is 5.73 Å². The molecule has 3 heterocycles. The van der Waals surface area contributed by atoms with Gasteiger partial charge in [-0.1, -0.05) is 53.4 Å². The number of urea groups is 1. The van der Waals surface area contributed by atoms with Crippen molar-refractivity contribution in [3.05, 3.63) is 80.5 Å². The first-order valence-electron chi connectivity index (χ1n) is 10.4. The van der Waals surface area contributed by atoms with Crippen LogP contribution in [-0.2, 0) is 20.9 Å². The standard InChI is InChI=1S/C23H17FN4O5S2/c24-12-6-8-13(9-7-12)26-14(29)10-27-21-18(35-23(27)33)15(11-4-2-1-3-5-11)16-17(34-21)20(31)28(19(16)30)22(25)32/h1-9,15-17H,10H2,(H2,25,32)(H,26,29). The summed E-state index contributed by atoms with van der Waals surface area (Å²) >= 11 is 1.87. The lowest BCUT2D eigenvalue weighted by molar-refractivity contribution is -0.135. The predicted octanol–water partition coefficient (Wildman–Crippen LogP) is 2.36. The van der Waals surface area contributed by atoms with Crippen LogP contribution < -0.4 is 15.9 Å². The first-order valence-corrected chi connectivity index (χ1v) is 12.1. The van der Waals surface area contributed by atoms with Crippen LogP contribution in [0.1, 0.15) is 16.4 Å². The number of nitrogens with zero attached hydrogens (tertiary/aromatic N) is 2. The molecule has 2 aliphatic heterocycles. The predicted molar refractivity (Wildman–Crippen MR) is 126 cm³/mol. The number of fused-ring (bicyclic) bond motifs is 2. The quantitative estimate of drug-likeness (QED) is 0.516. The summed E-state index contributed by atoms with van der Waals surface area (Å²) in [6.07, 6.45) is 0. The van der Waals surface area contributed by atoms with Gasteiger partial charge in [-0.2, -0.15) is 4.90 Å². The molecule has 0 bridgehead atoms. The van der Waals surface area contributed by atoms with Crippen molar-refractivity contribution in [1.82, 2.24) is 9.47 Å². The zero-order valence-electron chi connectivity index (χ0n) is 17.8. The second-order valence-electron chi connectivity index (χ2n) is 7.98. The number of thiazole rings is 1. The Morgan fingerprint density at radius 3 is 2.34 bits per heavy atom. The van der Waals surface area contributed by atoms with Crippen LogP contribution in [0.5, 0.6) is 0 Å². The number of thioether (sulfide) groups is 1. The van der Waals surface area contributed by atoms with Gasteiger partial charge in [-0.05, 0) is 29.8 Å². The van der Waals surface area contributed by atoms with Crippen molar-refractivity contribution in [2.45, 2.75) is 22.7 Å². The molecule has 3 unspecified atom stereocenters. The fraction of sp³-hybridized carbons (Fsp3) is 0.174. The van der Waals surface area contributed by atoms with Crippen LogP contribution in [0, 0.1) is 11.7 Å². The highest BCUT2D eigenvalue weighted by Crippen LogP contribution is 2.53. The Labute approximate surface area is 205 Å². The maximum absolute atomic E-state index is 13.1. The Bertz CT molecular complexity index is 1420. The average Bonchev–Trinajstić information content (AvgIpc) is 3.27. The minimum atomic E-state index is -1.15. The van der Waals surface area contributed by atoms with Gasteiger partial charge in [0.25, 0.3) is 5.91 Å². The van der Waals surface area contributed by atoms with Crippen LogP contribution in [0.3, 0.4) is 0 Å². The van der Waals surface area contributed by atoms with Crippen LogP contribution >= 0.6 is 23.1 Å². The number of halogens is 1. The molecule has 1 fully saturated rings. The van der Waals surface area contributed by atoms with Gasteiger partial charge in [0.15, 0.2) is 0 Å². The van der Waals surface area contributed by atoms with Crippen LogP contribution in [0.25, 0.3) is 0 Å². The maximum Gasteiger partial charge on any atom is 0.328 e. The number of primary amides is 1. The van der Waals surface area contributed by atoms with Gasteiger partial charge in [-0.3, -0.25) is 23.7 Å².